The van der Waals surface area contributed by atoms with Crippen LogP contribution in [0.25, 0.3) is 0 Å². The van der Waals surface area contributed by atoms with Crippen molar-refractivity contribution in [3.63, 3.8) is 0 Å². The summed E-state index contributed by atoms with van der Waals surface area (Å²) in [5, 5.41) is 2.84. The Morgan fingerprint density at radius 3 is 2.59 bits per heavy atom. The number of rotatable bonds is 4. The zero-order valence-corrected chi connectivity index (χ0v) is 16.1. The summed E-state index contributed by atoms with van der Waals surface area (Å²) in [6.07, 6.45) is 0.597. The summed E-state index contributed by atoms with van der Waals surface area (Å²) in [5.41, 5.74) is 3.26. The minimum absolute atomic E-state index is 0.184. The summed E-state index contributed by atoms with van der Waals surface area (Å²) in [7, 11) is 0. The molecule has 0 unspecified atom stereocenters. The summed E-state index contributed by atoms with van der Waals surface area (Å²) in [5.74, 6) is 0.408. The van der Waals surface area contributed by atoms with Crippen LogP contribution in [0.4, 0.5) is 5.69 Å². The second-order valence-corrected chi connectivity index (χ2v) is 7.09. The van der Waals surface area contributed by atoms with Crippen molar-refractivity contribution in [2.45, 2.75) is 13.3 Å². The molecule has 5 heteroatoms. The molecule has 4 rings (SSSR count). The standard InChI is InChI=1S/C24H21NO4/c1-16-5-4-7-18(13-16)23(26)25-20-9-11-21(12-10-20)29-24(27)19-14-17-6-2-3-8-22(17)28-15-19/h2-13,19H,14-15H2,1H3,(H,25,26)/t19-/m0/s1. The van der Waals surface area contributed by atoms with Gasteiger partial charge in [0.25, 0.3) is 5.91 Å². The molecule has 29 heavy (non-hydrogen) atoms. The second-order valence-electron chi connectivity index (χ2n) is 7.09. The van der Waals surface area contributed by atoms with Crippen molar-refractivity contribution in [2.75, 3.05) is 11.9 Å². The third-order valence-electron chi connectivity index (χ3n) is 4.82. The quantitative estimate of drug-likeness (QED) is 0.532. The fourth-order valence-electron chi connectivity index (χ4n) is 3.27. The average molecular weight is 387 g/mol. The Labute approximate surface area is 169 Å². The van der Waals surface area contributed by atoms with Gasteiger partial charge >= 0.3 is 5.97 Å². The average Bonchev–Trinajstić information content (AvgIpc) is 2.74. The van der Waals surface area contributed by atoms with E-state index in [0.717, 1.165) is 16.9 Å². The smallest absolute Gasteiger partial charge is 0.318 e. The number of carbonyl (C=O) groups is 2. The summed E-state index contributed by atoms with van der Waals surface area (Å²) in [6, 6.07) is 21.8. The van der Waals surface area contributed by atoms with Gasteiger partial charge in [-0.05, 0) is 61.4 Å². The van der Waals surface area contributed by atoms with Gasteiger partial charge in [0.1, 0.15) is 18.1 Å². The van der Waals surface area contributed by atoms with Crippen LogP contribution in [0.3, 0.4) is 0 Å². The van der Waals surface area contributed by atoms with Crippen molar-refractivity contribution in [1.82, 2.24) is 0 Å². The fraction of sp³-hybridized carbons (Fsp3) is 0.167. The first kappa shape index (κ1) is 18.7. The van der Waals surface area contributed by atoms with Crippen molar-refractivity contribution in [2.24, 2.45) is 5.92 Å². The number of esters is 1. The Morgan fingerprint density at radius 1 is 1.00 bits per heavy atom. The number of anilines is 1. The molecule has 1 amide bonds. The lowest BCUT2D eigenvalue weighted by atomic mass is 9.97. The number of hydrogen-bond donors (Lipinski definition) is 1. The number of hydrogen-bond acceptors (Lipinski definition) is 4. The molecule has 0 saturated heterocycles. The maximum atomic E-state index is 12.5. The van der Waals surface area contributed by atoms with Crippen LogP contribution in [-0.4, -0.2) is 18.5 Å². The normalized spacial score (nSPS) is 15.0. The Kier molecular flexibility index (Phi) is 5.29. The van der Waals surface area contributed by atoms with Crippen molar-refractivity contribution in [3.8, 4) is 11.5 Å². The van der Waals surface area contributed by atoms with Crippen molar-refractivity contribution in [3.05, 3.63) is 89.5 Å². The number of amides is 1. The zero-order valence-electron chi connectivity index (χ0n) is 16.1. The molecule has 1 N–H and O–H groups in total. The van der Waals surface area contributed by atoms with Crippen molar-refractivity contribution in [1.29, 1.82) is 0 Å². The summed E-state index contributed by atoms with van der Waals surface area (Å²) in [6.45, 7) is 2.25. The molecule has 1 heterocycles. The number of para-hydroxylation sites is 1. The van der Waals surface area contributed by atoms with Gasteiger partial charge in [-0.25, -0.2) is 0 Å². The Bertz CT molecular complexity index is 1040. The Hall–Kier alpha value is -3.60. The highest BCUT2D eigenvalue weighted by Crippen LogP contribution is 2.28. The predicted octanol–water partition coefficient (Wildman–Crippen LogP) is 4.40. The van der Waals surface area contributed by atoms with Gasteiger partial charge in [0, 0.05) is 11.3 Å². The van der Waals surface area contributed by atoms with Crippen molar-refractivity contribution >= 4 is 17.6 Å². The lowest BCUT2D eigenvalue weighted by molar-refractivity contribution is -0.140. The second kappa shape index (κ2) is 8.19. The summed E-state index contributed by atoms with van der Waals surface area (Å²) in [4.78, 5) is 24.8. The van der Waals surface area contributed by atoms with Gasteiger partial charge in [-0.1, -0.05) is 35.9 Å². The third kappa shape index (κ3) is 4.46. The first-order valence-electron chi connectivity index (χ1n) is 9.49. The minimum Gasteiger partial charge on any atom is -0.492 e. The van der Waals surface area contributed by atoms with Crippen LogP contribution in [0.15, 0.2) is 72.8 Å². The van der Waals surface area contributed by atoms with E-state index >= 15 is 0 Å². The number of carbonyl (C=O) groups excluding carboxylic acids is 2. The van der Waals surface area contributed by atoms with E-state index in [1.807, 2.05) is 49.4 Å². The highest BCUT2D eigenvalue weighted by Gasteiger charge is 2.27. The number of nitrogens with one attached hydrogen (secondary N) is 1. The first-order chi connectivity index (χ1) is 14.1. The summed E-state index contributed by atoms with van der Waals surface area (Å²) >= 11 is 0. The SMILES string of the molecule is Cc1cccc(C(=O)Nc2ccc(OC(=O)[C@@H]3COc4ccccc4C3)cc2)c1. The third-order valence-corrected chi connectivity index (χ3v) is 4.82. The van der Waals surface area contributed by atoms with E-state index < -0.39 is 0 Å². The van der Waals surface area contributed by atoms with Gasteiger partial charge in [0.2, 0.25) is 0 Å². The number of aryl methyl sites for hydroxylation is 1. The molecular formula is C24H21NO4. The number of benzene rings is 3. The first-order valence-corrected chi connectivity index (χ1v) is 9.49. The topological polar surface area (TPSA) is 64.6 Å². The van der Waals surface area contributed by atoms with Crippen LogP contribution in [0.1, 0.15) is 21.5 Å². The molecule has 1 atom stereocenters. The van der Waals surface area contributed by atoms with Crippen LogP contribution in [0, 0.1) is 12.8 Å². The maximum Gasteiger partial charge on any atom is 0.318 e. The predicted molar refractivity (Wildman–Crippen MR) is 110 cm³/mol. The van der Waals surface area contributed by atoms with Gasteiger partial charge < -0.3 is 14.8 Å². The molecule has 1 aliphatic rings. The molecule has 0 aliphatic carbocycles. The number of fused-ring (bicyclic) bond motifs is 1. The van der Waals surface area contributed by atoms with Crippen LogP contribution in [0.5, 0.6) is 11.5 Å². The molecule has 0 spiro atoms. The fourth-order valence-corrected chi connectivity index (χ4v) is 3.27. The molecule has 146 valence electrons. The molecule has 3 aromatic carbocycles. The van der Waals surface area contributed by atoms with Gasteiger partial charge in [-0.3, -0.25) is 9.59 Å². The van der Waals surface area contributed by atoms with Crippen molar-refractivity contribution < 1.29 is 19.1 Å². The molecule has 0 aromatic heterocycles. The van der Waals surface area contributed by atoms with E-state index in [-0.39, 0.29) is 17.8 Å². The van der Waals surface area contributed by atoms with E-state index in [2.05, 4.69) is 5.32 Å². The number of ether oxygens (including phenoxy) is 2. The highest BCUT2D eigenvalue weighted by atomic mass is 16.5. The largest absolute Gasteiger partial charge is 0.492 e. The molecule has 1 aliphatic heterocycles. The van der Waals surface area contributed by atoms with E-state index in [4.69, 9.17) is 9.47 Å². The lowest BCUT2D eigenvalue weighted by Crippen LogP contribution is -2.31. The maximum absolute atomic E-state index is 12.5. The monoisotopic (exact) mass is 387 g/mol. The van der Waals surface area contributed by atoms with Gasteiger partial charge in [0.05, 0.1) is 5.92 Å². The molecule has 3 aromatic rings. The lowest BCUT2D eigenvalue weighted by Gasteiger charge is -2.23. The van der Waals surface area contributed by atoms with E-state index in [0.29, 0.717) is 30.0 Å². The summed E-state index contributed by atoms with van der Waals surface area (Å²) < 4.78 is 11.2. The van der Waals surface area contributed by atoms with Crippen LogP contribution in [-0.2, 0) is 11.2 Å². The van der Waals surface area contributed by atoms with Crippen LogP contribution < -0.4 is 14.8 Å². The Balaban J connectivity index is 1.36. The van der Waals surface area contributed by atoms with Crippen LogP contribution >= 0.6 is 0 Å². The van der Waals surface area contributed by atoms with Gasteiger partial charge in [-0.2, -0.15) is 0 Å². The molecule has 0 fully saturated rings. The molecular weight excluding hydrogens is 366 g/mol. The molecule has 5 nitrogen and oxygen atoms in total. The molecule has 0 radical (unpaired) electrons. The van der Waals surface area contributed by atoms with Gasteiger partial charge in [0.15, 0.2) is 0 Å². The van der Waals surface area contributed by atoms with Gasteiger partial charge in [-0.15, -0.1) is 0 Å². The minimum atomic E-state index is -0.342. The van der Waals surface area contributed by atoms with Crippen LogP contribution in [0.2, 0.25) is 0 Å². The van der Waals surface area contributed by atoms with E-state index in [1.54, 1.807) is 30.3 Å². The van der Waals surface area contributed by atoms with E-state index in [9.17, 15) is 9.59 Å². The zero-order chi connectivity index (χ0) is 20.2. The highest BCUT2D eigenvalue weighted by molar-refractivity contribution is 6.04. The molecule has 0 bridgehead atoms. The molecule has 0 saturated carbocycles. The van der Waals surface area contributed by atoms with E-state index in [1.165, 1.54) is 0 Å². The Morgan fingerprint density at radius 2 is 1.79 bits per heavy atom.